The summed E-state index contributed by atoms with van der Waals surface area (Å²) < 4.78 is 34.8. The monoisotopic (exact) mass is 458 g/mol. The predicted molar refractivity (Wildman–Crippen MR) is 132 cm³/mol. The average Bonchev–Trinajstić information content (AvgIpc) is 2.85. The number of halogens is 2. The molecule has 0 aromatic heterocycles. The number of benzene rings is 2. The number of ether oxygens (including phenoxy) is 1. The van der Waals surface area contributed by atoms with Gasteiger partial charge in [-0.2, -0.15) is 4.39 Å². The minimum Gasteiger partial charge on any atom is -0.490 e. The second-order valence-corrected chi connectivity index (χ2v) is 9.56. The van der Waals surface area contributed by atoms with Crippen molar-refractivity contribution >= 4 is 0 Å². The van der Waals surface area contributed by atoms with Crippen LogP contribution in [-0.2, 0) is 0 Å². The van der Waals surface area contributed by atoms with Crippen molar-refractivity contribution in [3.8, 4) is 16.9 Å². The Morgan fingerprint density at radius 3 is 2.24 bits per heavy atom. The Balaban J connectivity index is 1.54. The molecule has 33 heavy (non-hydrogen) atoms. The second-order valence-electron chi connectivity index (χ2n) is 9.56. The van der Waals surface area contributed by atoms with Gasteiger partial charge in [-0.15, -0.1) is 0 Å². The molecule has 4 heteroatoms. The summed E-state index contributed by atoms with van der Waals surface area (Å²) in [5, 5.41) is 8.79. The fourth-order valence-corrected chi connectivity index (χ4v) is 5.02. The third kappa shape index (κ3) is 7.53. The maximum absolute atomic E-state index is 14.8. The molecule has 0 aliphatic heterocycles. The molecule has 1 saturated carbocycles. The highest BCUT2D eigenvalue weighted by atomic mass is 19.2. The van der Waals surface area contributed by atoms with E-state index in [4.69, 9.17) is 9.84 Å². The van der Waals surface area contributed by atoms with Crippen LogP contribution in [0.2, 0.25) is 0 Å². The van der Waals surface area contributed by atoms with Gasteiger partial charge in [-0.1, -0.05) is 63.3 Å². The summed E-state index contributed by atoms with van der Waals surface area (Å²) >= 11 is 0. The maximum atomic E-state index is 14.8. The zero-order chi connectivity index (χ0) is 23.5. The molecule has 2 nitrogen and oxygen atoms in total. The summed E-state index contributed by atoms with van der Waals surface area (Å²) in [7, 11) is 0. The molecule has 0 bridgehead atoms. The molecule has 3 rings (SSSR count). The Morgan fingerprint density at radius 1 is 0.818 bits per heavy atom. The summed E-state index contributed by atoms with van der Waals surface area (Å²) in [6.45, 7) is 2.78. The minimum absolute atomic E-state index is 0.0364. The van der Waals surface area contributed by atoms with Crippen LogP contribution < -0.4 is 4.74 Å². The lowest BCUT2D eigenvalue weighted by Gasteiger charge is -2.29. The predicted octanol–water partition coefficient (Wildman–Crippen LogP) is 8.42. The molecule has 0 amide bonds. The van der Waals surface area contributed by atoms with Gasteiger partial charge in [-0.3, -0.25) is 0 Å². The number of hydrogen-bond donors (Lipinski definition) is 1. The summed E-state index contributed by atoms with van der Waals surface area (Å²) in [5.74, 6) is -0.353. The molecule has 1 fully saturated rings. The lowest BCUT2D eigenvalue weighted by atomic mass is 9.77. The van der Waals surface area contributed by atoms with Gasteiger partial charge < -0.3 is 9.84 Å². The number of rotatable bonds is 13. The summed E-state index contributed by atoms with van der Waals surface area (Å²) in [6, 6.07) is 11.1. The van der Waals surface area contributed by atoms with Crippen LogP contribution in [0.4, 0.5) is 8.78 Å². The largest absolute Gasteiger partial charge is 0.490 e. The van der Waals surface area contributed by atoms with E-state index in [0.29, 0.717) is 18.1 Å². The first kappa shape index (κ1) is 25.7. The van der Waals surface area contributed by atoms with E-state index in [1.54, 1.807) is 6.07 Å². The fraction of sp³-hybridized carbons (Fsp3) is 0.586. The van der Waals surface area contributed by atoms with Crippen LogP contribution in [-0.4, -0.2) is 18.3 Å². The van der Waals surface area contributed by atoms with Crippen LogP contribution in [0.1, 0.15) is 95.5 Å². The van der Waals surface area contributed by atoms with Gasteiger partial charge in [0.15, 0.2) is 11.6 Å². The normalized spacial score (nSPS) is 18.4. The topological polar surface area (TPSA) is 29.5 Å². The van der Waals surface area contributed by atoms with Gasteiger partial charge in [-0.05, 0) is 80.0 Å². The van der Waals surface area contributed by atoms with E-state index in [0.717, 1.165) is 31.6 Å². The molecule has 0 heterocycles. The summed E-state index contributed by atoms with van der Waals surface area (Å²) in [6.07, 6.45) is 13.7. The molecular formula is C29H40F2O2. The van der Waals surface area contributed by atoms with Crippen molar-refractivity contribution in [1.82, 2.24) is 0 Å². The highest BCUT2D eigenvalue weighted by Crippen LogP contribution is 2.38. The lowest BCUT2D eigenvalue weighted by molar-refractivity contribution is 0.268. The van der Waals surface area contributed by atoms with Gasteiger partial charge in [0, 0.05) is 12.2 Å². The fourth-order valence-electron chi connectivity index (χ4n) is 5.02. The Bertz CT molecular complexity index is 826. The van der Waals surface area contributed by atoms with Gasteiger partial charge in [0.1, 0.15) is 0 Å². The molecule has 182 valence electrons. The smallest absolute Gasteiger partial charge is 0.201 e. The Labute approximate surface area is 198 Å². The van der Waals surface area contributed by atoms with Crippen molar-refractivity contribution in [1.29, 1.82) is 0 Å². The summed E-state index contributed by atoms with van der Waals surface area (Å²) in [5.41, 5.74) is 2.28. The van der Waals surface area contributed by atoms with E-state index in [-0.39, 0.29) is 17.9 Å². The molecular weight excluding hydrogens is 418 g/mol. The zero-order valence-electron chi connectivity index (χ0n) is 20.1. The standard InChI is InChI=1S/C29H40F2O2/c1-2-3-6-9-22-10-12-23(13-11-22)24-14-16-25(17-15-24)26-18-19-27(29(31)28(26)30)33-21-8-5-4-7-20-32/h14-19,22-23,32H,2-13,20-21H2,1H3. The SMILES string of the molecule is CCCCCC1CCC(c2ccc(-c3ccc(OCCCCCCO)c(F)c3F)cc2)CC1. The van der Waals surface area contributed by atoms with E-state index in [1.807, 2.05) is 12.1 Å². The van der Waals surface area contributed by atoms with Crippen LogP contribution in [0.3, 0.4) is 0 Å². The highest BCUT2D eigenvalue weighted by Gasteiger charge is 2.22. The number of aliphatic hydroxyl groups excluding tert-OH is 1. The van der Waals surface area contributed by atoms with E-state index >= 15 is 0 Å². The van der Waals surface area contributed by atoms with Gasteiger partial charge in [0.25, 0.3) is 0 Å². The lowest BCUT2D eigenvalue weighted by Crippen LogP contribution is -2.13. The minimum atomic E-state index is -0.923. The third-order valence-electron chi connectivity index (χ3n) is 7.11. The zero-order valence-corrected chi connectivity index (χ0v) is 20.1. The van der Waals surface area contributed by atoms with E-state index in [2.05, 4.69) is 19.1 Å². The van der Waals surface area contributed by atoms with Crippen molar-refractivity contribution in [2.75, 3.05) is 13.2 Å². The van der Waals surface area contributed by atoms with Gasteiger partial charge in [-0.25, -0.2) is 4.39 Å². The number of unbranched alkanes of at least 4 members (excludes halogenated alkanes) is 5. The Morgan fingerprint density at radius 2 is 1.55 bits per heavy atom. The molecule has 0 unspecified atom stereocenters. The van der Waals surface area contributed by atoms with Crippen molar-refractivity contribution < 1.29 is 18.6 Å². The molecule has 2 aromatic rings. The highest BCUT2D eigenvalue weighted by molar-refractivity contribution is 5.65. The Hall–Kier alpha value is -1.94. The second kappa shape index (κ2) is 13.7. The average molecular weight is 459 g/mol. The first-order valence-electron chi connectivity index (χ1n) is 13.0. The maximum Gasteiger partial charge on any atom is 0.201 e. The molecule has 1 aliphatic rings. The van der Waals surface area contributed by atoms with E-state index < -0.39 is 11.6 Å². The van der Waals surface area contributed by atoms with Crippen molar-refractivity contribution in [2.24, 2.45) is 5.92 Å². The van der Waals surface area contributed by atoms with Gasteiger partial charge >= 0.3 is 0 Å². The van der Waals surface area contributed by atoms with Crippen LogP contribution in [0.25, 0.3) is 11.1 Å². The quantitative estimate of drug-likeness (QED) is 0.305. The van der Waals surface area contributed by atoms with E-state index in [9.17, 15) is 8.78 Å². The van der Waals surface area contributed by atoms with Crippen molar-refractivity contribution in [2.45, 2.75) is 89.9 Å². The van der Waals surface area contributed by atoms with Crippen molar-refractivity contribution in [3.63, 3.8) is 0 Å². The number of aliphatic hydroxyl groups is 1. The van der Waals surface area contributed by atoms with Crippen LogP contribution >= 0.6 is 0 Å². The molecule has 1 aliphatic carbocycles. The van der Waals surface area contributed by atoms with E-state index in [1.165, 1.54) is 63.0 Å². The third-order valence-corrected chi connectivity index (χ3v) is 7.11. The molecule has 0 atom stereocenters. The molecule has 0 saturated heterocycles. The Kier molecular flexibility index (Phi) is 10.7. The van der Waals surface area contributed by atoms with Crippen molar-refractivity contribution in [3.05, 3.63) is 53.6 Å². The molecule has 0 spiro atoms. The molecule has 0 radical (unpaired) electrons. The van der Waals surface area contributed by atoms with Crippen LogP contribution in [0.15, 0.2) is 36.4 Å². The van der Waals surface area contributed by atoms with Crippen LogP contribution in [0.5, 0.6) is 5.75 Å². The molecule has 2 aromatic carbocycles. The van der Waals surface area contributed by atoms with Crippen LogP contribution in [0, 0.1) is 17.6 Å². The molecule has 1 N–H and O–H groups in total. The van der Waals surface area contributed by atoms with Gasteiger partial charge in [0.2, 0.25) is 5.82 Å². The first-order valence-corrected chi connectivity index (χ1v) is 13.0. The number of hydrogen-bond acceptors (Lipinski definition) is 2. The van der Waals surface area contributed by atoms with Gasteiger partial charge in [0.05, 0.1) is 6.61 Å². The summed E-state index contributed by atoms with van der Waals surface area (Å²) in [4.78, 5) is 0. The first-order chi connectivity index (χ1) is 16.1.